The first kappa shape index (κ1) is 20.0. The molecule has 8 heteroatoms. The molecule has 2 aromatic rings. The van der Waals surface area contributed by atoms with Gasteiger partial charge in [-0.25, -0.2) is 9.97 Å². The fourth-order valence-corrected chi connectivity index (χ4v) is 3.63. The molecule has 1 N–H and O–H groups in total. The molecular weight excluding hydrogens is 356 g/mol. The van der Waals surface area contributed by atoms with Crippen LogP contribution in [0.5, 0.6) is 0 Å². The van der Waals surface area contributed by atoms with Crippen molar-refractivity contribution in [3.63, 3.8) is 0 Å². The molecule has 1 fully saturated rings. The van der Waals surface area contributed by atoms with Crippen molar-refractivity contribution in [3.05, 3.63) is 46.3 Å². The Morgan fingerprint density at radius 2 is 2.04 bits per heavy atom. The maximum Gasteiger partial charge on any atom is 0.353 e. The summed E-state index contributed by atoms with van der Waals surface area (Å²) in [6.07, 6.45) is 5.13. The van der Waals surface area contributed by atoms with E-state index >= 15 is 0 Å². The topological polar surface area (TPSA) is 87.4 Å². The fourth-order valence-electron chi connectivity index (χ4n) is 3.63. The summed E-state index contributed by atoms with van der Waals surface area (Å²) in [6.45, 7) is 8.18. The molecule has 0 atom stereocenters. The van der Waals surface area contributed by atoms with Gasteiger partial charge in [0.05, 0.1) is 4.92 Å². The third kappa shape index (κ3) is 4.75. The lowest BCUT2D eigenvalue weighted by molar-refractivity contribution is -0.383. The molecule has 8 nitrogen and oxygen atoms in total. The largest absolute Gasteiger partial charge is 0.363 e. The van der Waals surface area contributed by atoms with E-state index in [1.165, 1.54) is 25.6 Å². The van der Waals surface area contributed by atoms with E-state index in [0.29, 0.717) is 18.9 Å². The van der Waals surface area contributed by atoms with E-state index in [4.69, 9.17) is 0 Å². The van der Waals surface area contributed by atoms with Crippen molar-refractivity contribution in [2.75, 3.05) is 42.9 Å². The van der Waals surface area contributed by atoms with Crippen LogP contribution in [0, 0.1) is 17.0 Å². The number of hydrogen-bond donors (Lipinski definition) is 1. The molecule has 1 aromatic carbocycles. The number of benzene rings is 1. The van der Waals surface area contributed by atoms with Gasteiger partial charge in [0.1, 0.15) is 6.33 Å². The summed E-state index contributed by atoms with van der Waals surface area (Å²) in [4.78, 5) is 24.1. The third-order valence-electron chi connectivity index (χ3n) is 5.04. The number of aryl methyl sites for hydroxylation is 1. The number of hydrogen-bond acceptors (Lipinski definition) is 7. The van der Waals surface area contributed by atoms with Crippen molar-refractivity contribution in [1.82, 2.24) is 14.9 Å². The third-order valence-corrected chi connectivity index (χ3v) is 5.04. The van der Waals surface area contributed by atoms with Crippen LogP contribution in [0.15, 0.2) is 30.6 Å². The Morgan fingerprint density at radius 1 is 1.25 bits per heavy atom. The average Bonchev–Trinajstić information content (AvgIpc) is 2.69. The number of piperidine rings is 1. The quantitative estimate of drug-likeness (QED) is 0.548. The van der Waals surface area contributed by atoms with Gasteiger partial charge in [-0.15, -0.1) is 0 Å². The van der Waals surface area contributed by atoms with Gasteiger partial charge in [0, 0.05) is 25.3 Å². The van der Waals surface area contributed by atoms with Crippen LogP contribution in [0.25, 0.3) is 0 Å². The van der Waals surface area contributed by atoms with Gasteiger partial charge in [0.25, 0.3) is 0 Å². The number of nitro groups is 1. The highest BCUT2D eigenvalue weighted by molar-refractivity contribution is 5.75. The molecule has 150 valence electrons. The lowest BCUT2D eigenvalue weighted by Crippen LogP contribution is -2.34. The minimum Gasteiger partial charge on any atom is -0.363 e. The highest BCUT2D eigenvalue weighted by Gasteiger charge is 2.27. The first-order valence-electron chi connectivity index (χ1n) is 9.90. The van der Waals surface area contributed by atoms with Gasteiger partial charge in [0.2, 0.25) is 11.6 Å². The monoisotopic (exact) mass is 384 g/mol. The zero-order chi connectivity index (χ0) is 19.9. The van der Waals surface area contributed by atoms with E-state index in [9.17, 15) is 10.1 Å². The Bertz CT molecular complexity index is 807. The zero-order valence-corrected chi connectivity index (χ0v) is 16.6. The summed E-state index contributed by atoms with van der Waals surface area (Å²) in [7, 11) is 0. The highest BCUT2D eigenvalue weighted by atomic mass is 16.6. The molecule has 0 spiro atoms. The SMILES string of the molecule is CCN(c1cccc(C)c1)c1ncnc(NCCN2CCCCC2)c1[N+](=O)[O-]. The molecule has 0 amide bonds. The van der Waals surface area contributed by atoms with E-state index < -0.39 is 4.92 Å². The predicted molar refractivity (Wildman–Crippen MR) is 111 cm³/mol. The second-order valence-electron chi connectivity index (χ2n) is 7.06. The van der Waals surface area contributed by atoms with Gasteiger partial charge in [0.15, 0.2) is 0 Å². The van der Waals surface area contributed by atoms with Crippen LogP contribution in [-0.2, 0) is 0 Å². The summed E-state index contributed by atoms with van der Waals surface area (Å²) in [5.41, 5.74) is 1.89. The van der Waals surface area contributed by atoms with Crippen LogP contribution in [0.4, 0.5) is 23.0 Å². The smallest absolute Gasteiger partial charge is 0.353 e. The summed E-state index contributed by atoms with van der Waals surface area (Å²) < 4.78 is 0. The van der Waals surface area contributed by atoms with Crippen LogP contribution >= 0.6 is 0 Å². The van der Waals surface area contributed by atoms with Crippen molar-refractivity contribution >= 4 is 23.0 Å². The standard InChI is InChI=1S/C20H28N6O2/c1-3-25(17-9-7-8-16(2)14-17)20-18(26(27)28)19(22-15-23-20)21-10-13-24-11-5-4-6-12-24/h7-9,14-15H,3-6,10-13H2,1-2H3,(H,21,22,23). The minimum atomic E-state index is -0.392. The molecule has 0 saturated carbocycles. The van der Waals surface area contributed by atoms with E-state index in [1.807, 2.05) is 43.0 Å². The van der Waals surface area contributed by atoms with Crippen LogP contribution in [0.2, 0.25) is 0 Å². The number of rotatable bonds is 8. The number of aromatic nitrogens is 2. The van der Waals surface area contributed by atoms with Gasteiger partial charge in [-0.1, -0.05) is 18.6 Å². The molecule has 0 radical (unpaired) electrons. The normalized spacial score (nSPS) is 14.6. The van der Waals surface area contributed by atoms with Crippen molar-refractivity contribution in [2.24, 2.45) is 0 Å². The van der Waals surface area contributed by atoms with E-state index in [-0.39, 0.29) is 11.5 Å². The Balaban J connectivity index is 1.83. The maximum atomic E-state index is 11.9. The van der Waals surface area contributed by atoms with Crippen LogP contribution in [0.1, 0.15) is 31.7 Å². The lowest BCUT2D eigenvalue weighted by atomic mass is 10.1. The molecule has 3 rings (SSSR count). The zero-order valence-electron chi connectivity index (χ0n) is 16.6. The Kier molecular flexibility index (Phi) is 6.76. The Hall–Kier alpha value is -2.74. The van der Waals surface area contributed by atoms with E-state index in [0.717, 1.165) is 30.9 Å². The first-order chi connectivity index (χ1) is 13.6. The fraction of sp³-hybridized carbons (Fsp3) is 0.500. The second-order valence-corrected chi connectivity index (χ2v) is 7.06. The van der Waals surface area contributed by atoms with Crippen molar-refractivity contribution in [1.29, 1.82) is 0 Å². The summed E-state index contributed by atoms with van der Waals surface area (Å²) >= 11 is 0. The number of anilines is 3. The molecule has 1 saturated heterocycles. The van der Waals surface area contributed by atoms with Crippen LogP contribution < -0.4 is 10.2 Å². The molecule has 1 aliphatic heterocycles. The molecule has 0 aliphatic carbocycles. The highest BCUT2D eigenvalue weighted by Crippen LogP contribution is 2.35. The van der Waals surface area contributed by atoms with Gasteiger partial charge >= 0.3 is 5.69 Å². The Morgan fingerprint density at radius 3 is 2.71 bits per heavy atom. The first-order valence-corrected chi connectivity index (χ1v) is 9.90. The lowest BCUT2D eigenvalue weighted by Gasteiger charge is -2.26. The molecule has 1 aromatic heterocycles. The summed E-state index contributed by atoms with van der Waals surface area (Å²) in [5, 5.41) is 15.0. The van der Waals surface area contributed by atoms with E-state index in [2.05, 4.69) is 20.2 Å². The Labute approximate surface area is 165 Å². The summed E-state index contributed by atoms with van der Waals surface area (Å²) in [6, 6.07) is 7.88. The van der Waals surface area contributed by atoms with Gasteiger partial charge in [-0.2, -0.15) is 0 Å². The molecular formula is C20H28N6O2. The van der Waals surface area contributed by atoms with Crippen molar-refractivity contribution in [3.8, 4) is 0 Å². The van der Waals surface area contributed by atoms with Crippen LogP contribution in [0.3, 0.4) is 0 Å². The number of likely N-dealkylation sites (tertiary alicyclic amines) is 1. The number of nitrogens with zero attached hydrogens (tertiary/aromatic N) is 5. The molecule has 2 heterocycles. The second kappa shape index (κ2) is 9.45. The molecule has 28 heavy (non-hydrogen) atoms. The van der Waals surface area contributed by atoms with Gasteiger partial charge in [-0.05, 0) is 57.5 Å². The predicted octanol–water partition coefficient (Wildman–Crippen LogP) is 3.75. The molecule has 1 aliphatic rings. The average molecular weight is 384 g/mol. The van der Waals surface area contributed by atoms with Crippen molar-refractivity contribution in [2.45, 2.75) is 33.1 Å². The molecule has 0 bridgehead atoms. The van der Waals surface area contributed by atoms with Crippen LogP contribution in [-0.4, -0.2) is 52.5 Å². The van der Waals surface area contributed by atoms with Gasteiger partial charge in [-0.3, -0.25) is 10.1 Å². The van der Waals surface area contributed by atoms with E-state index in [1.54, 1.807) is 0 Å². The summed E-state index contributed by atoms with van der Waals surface area (Å²) in [5.74, 6) is 0.590. The maximum absolute atomic E-state index is 11.9. The number of nitrogens with one attached hydrogen (secondary N) is 1. The van der Waals surface area contributed by atoms with Gasteiger partial charge < -0.3 is 15.1 Å². The minimum absolute atomic E-state index is 0.0792. The molecule has 0 unspecified atom stereocenters. The van der Waals surface area contributed by atoms with Crippen molar-refractivity contribution < 1.29 is 4.92 Å².